The molecule has 0 aromatic heterocycles. The summed E-state index contributed by atoms with van der Waals surface area (Å²) < 4.78 is 5.36. The number of amides is 1. The van der Waals surface area contributed by atoms with Crippen molar-refractivity contribution < 1.29 is 9.53 Å². The second-order valence-corrected chi connectivity index (χ2v) is 5.01. The van der Waals surface area contributed by atoms with Crippen LogP contribution >= 0.6 is 0 Å². The van der Waals surface area contributed by atoms with Crippen molar-refractivity contribution in [3.8, 4) is 5.75 Å². The first-order valence-corrected chi connectivity index (χ1v) is 7.52. The fraction of sp³-hybridized carbons (Fsp3) is 0.222. The highest BCUT2D eigenvalue weighted by molar-refractivity contribution is 5.84. The fourth-order valence-electron chi connectivity index (χ4n) is 1.89. The van der Waals surface area contributed by atoms with Crippen LogP contribution in [0.3, 0.4) is 0 Å². The van der Waals surface area contributed by atoms with E-state index in [1.54, 1.807) is 6.21 Å². The molecule has 0 heterocycles. The van der Waals surface area contributed by atoms with Crippen molar-refractivity contribution in [2.45, 2.75) is 13.8 Å². The number of hydrogen-bond donors (Lipinski definition) is 2. The van der Waals surface area contributed by atoms with Gasteiger partial charge in [-0.05, 0) is 43.7 Å². The summed E-state index contributed by atoms with van der Waals surface area (Å²) in [5.74, 6) is 0.604. The van der Waals surface area contributed by atoms with Crippen LogP contribution in [0.25, 0.3) is 0 Å². The molecule has 0 spiro atoms. The number of nitrogens with one attached hydrogen (secondary N) is 2. The summed E-state index contributed by atoms with van der Waals surface area (Å²) in [5.41, 5.74) is 5.47. The number of hydrogen-bond acceptors (Lipinski definition) is 4. The Morgan fingerprint density at radius 3 is 2.48 bits per heavy atom. The number of carbonyl (C=O) groups is 1. The molecule has 0 saturated carbocycles. The number of hydrazone groups is 1. The van der Waals surface area contributed by atoms with Gasteiger partial charge in [-0.2, -0.15) is 5.10 Å². The highest BCUT2D eigenvalue weighted by Gasteiger charge is 2.00. The van der Waals surface area contributed by atoms with E-state index in [0.717, 1.165) is 17.0 Å². The van der Waals surface area contributed by atoms with Crippen LogP contribution in [-0.4, -0.2) is 25.3 Å². The van der Waals surface area contributed by atoms with Gasteiger partial charge in [0.1, 0.15) is 5.75 Å². The van der Waals surface area contributed by atoms with Gasteiger partial charge in [0.25, 0.3) is 5.91 Å². The first-order chi connectivity index (χ1) is 11.2. The smallest absolute Gasteiger partial charge is 0.259 e. The number of anilines is 1. The van der Waals surface area contributed by atoms with Crippen molar-refractivity contribution in [3.63, 3.8) is 0 Å². The molecule has 1 amide bonds. The van der Waals surface area contributed by atoms with Crippen LogP contribution in [0.4, 0.5) is 5.69 Å². The summed E-state index contributed by atoms with van der Waals surface area (Å²) in [6.07, 6.45) is 1.62. The van der Waals surface area contributed by atoms with Crippen molar-refractivity contribution in [3.05, 3.63) is 59.7 Å². The van der Waals surface area contributed by atoms with E-state index in [9.17, 15) is 4.79 Å². The van der Waals surface area contributed by atoms with E-state index >= 15 is 0 Å². The summed E-state index contributed by atoms with van der Waals surface area (Å²) in [4.78, 5) is 11.7. The van der Waals surface area contributed by atoms with E-state index in [0.29, 0.717) is 6.61 Å². The lowest BCUT2D eigenvalue weighted by molar-refractivity contribution is -0.119. The van der Waals surface area contributed by atoms with E-state index in [-0.39, 0.29) is 12.5 Å². The van der Waals surface area contributed by atoms with E-state index in [1.807, 2.05) is 62.4 Å². The minimum absolute atomic E-state index is 0.152. The molecular weight excluding hydrogens is 290 g/mol. The molecule has 2 aromatic carbocycles. The molecule has 0 bridgehead atoms. The Balaban J connectivity index is 1.75. The predicted molar refractivity (Wildman–Crippen MR) is 93.0 cm³/mol. The van der Waals surface area contributed by atoms with Crippen LogP contribution in [0.15, 0.2) is 53.6 Å². The van der Waals surface area contributed by atoms with E-state index < -0.39 is 0 Å². The number of carbonyl (C=O) groups excluding carboxylic acids is 1. The topological polar surface area (TPSA) is 62.7 Å². The first-order valence-electron chi connectivity index (χ1n) is 7.52. The fourth-order valence-corrected chi connectivity index (χ4v) is 1.89. The molecule has 0 aliphatic carbocycles. The summed E-state index contributed by atoms with van der Waals surface area (Å²) in [5, 5.41) is 6.97. The maximum absolute atomic E-state index is 11.7. The van der Waals surface area contributed by atoms with Gasteiger partial charge in [0.2, 0.25) is 0 Å². The van der Waals surface area contributed by atoms with Crippen molar-refractivity contribution in [1.82, 2.24) is 5.43 Å². The average molecular weight is 311 g/mol. The van der Waals surface area contributed by atoms with Gasteiger partial charge in [0.05, 0.1) is 19.4 Å². The zero-order chi connectivity index (χ0) is 16.5. The van der Waals surface area contributed by atoms with Crippen LogP contribution < -0.4 is 15.5 Å². The van der Waals surface area contributed by atoms with Gasteiger partial charge < -0.3 is 10.1 Å². The molecule has 5 nitrogen and oxygen atoms in total. The summed E-state index contributed by atoms with van der Waals surface area (Å²) in [7, 11) is 0. The van der Waals surface area contributed by atoms with Crippen LogP contribution in [0.5, 0.6) is 5.75 Å². The Kier molecular flexibility index (Phi) is 6.17. The number of nitrogens with zero attached hydrogens (tertiary/aromatic N) is 1. The summed E-state index contributed by atoms with van der Waals surface area (Å²) in [6, 6.07) is 15.3. The first kappa shape index (κ1) is 16.5. The highest BCUT2D eigenvalue weighted by atomic mass is 16.5. The molecule has 0 saturated heterocycles. The van der Waals surface area contributed by atoms with Crippen LogP contribution in [0, 0.1) is 6.92 Å². The van der Waals surface area contributed by atoms with Gasteiger partial charge >= 0.3 is 0 Å². The third-order valence-electron chi connectivity index (χ3n) is 3.10. The molecule has 0 fully saturated rings. The minimum atomic E-state index is -0.206. The predicted octanol–water partition coefficient (Wildman–Crippen LogP) is 2.96. The maximum atomic E-state index is 11.7. The lowest BCUT2D eigenvalue weighted by atomic mass is 10.2. The molecule has 0 atom stereocenters. The van der Waals surface area contributed by atoms with Crippen LogP contribution in [0.2, 0.25) is 0 Å². The SMILES string of the molecule is CCOc1ccc(NCC(=O)NN=Cc2ccc(C)cc2)cc1. The second-order valence-electron chi connectivity index (χ2n) is 5.01. The standard InChI is InChI=1S/C18H21N3O2/c1-3-23-17-10-8-16(9-11-17)19-13-18(22)21-20-12-15-6-4-14(2)5-7-15/h4-12,19H,3,13H2,1-2H3,(H,21,22). The van der Waals surface area contributed by atoms with Gasteiger partial charge in [-0.25, -0.2) is 5.43 Å². The molecule has 120 valence electrons. The normalized spacial score (nSPS) is 10.5. The van der Waals surface area contributed by atoms with Crippen LogP contribution in [-0.2, 0) is 4.79 Å². The van der Waals surface area contributed by atoms with Crippen molar-refractivity contribution in [2.24, 2.45) is 5.10 Å². The Hall–Kier alpha value is -2.82. The Labute approximate surface area is 136 Å². The molecule has 0 unspecified atom stereocenters. The lowest BCUT2D eigenvalue weighted by Crippen LogP contribution is -2.25. The second kappa shape index (κ2) is 8.58. The van der Waals surface area contributed by atoms with E-state index in [2.05, 4.69) is 15.8 Å². The molecule has 2 aromatic rings. The minimum Gasteiger partial charge on any atom is -0.494 e. The summed E-state index contributed by atoms with van der Waals surface area (Å²) in [6.45, 7) is 4.75. The quantitative estimate of drug-likeness (QED) is 0.610. The van der Waals surface area contributed by atoms with E-state index in [4.69, 9.17) is 4.74 Å². The van der Waals surface area contributed by atoms with Gasteiger partial charge in [0.15, 0.2) is 0 Å². The highest BCUT2D eigenvalue weighted by Crippen LogP contribution is 2.15. The van der Waals surface area contributed by atoms with Gasteiger partial charge in [-0.1, -0.05) is 29.8 Å². The van der Waals surface area contributed by atoms with E-state index in [1.165, 1.54) is 5.56 Å². The molecule has 0 radical (unpaired) electrons. The molecule has 0 aliphatic rings. The van der Waals surface area contributed by atoms with Gasteiger partial charge in [0, 0.05) is 5.69 Å². The van der Waals surface area contributed by atoms with Gasteiger partial charge in [-0.15, -0.1) is 0 Å². The molecule has 5 heteroatoms. The third-order valence-corrected chi connectivity index (χ3v) is 3.10. The molecular formula is C18H21N3O2. The maximum Gasteiger partial charge on any atom is 0.259 e. The van der Waals surface area contributed by atoms with Crippen molar-refractivity contribution in [2.75, 3.05) is 18.5 Å². The van der Waals surface area contributed by atoms with Crippen molar-refractivity contribution in [1.29, 1.82) is 0 Å². The third kappa shape index (κ3) is 5.82. The zero-order valence-electron chi connectivity index (χ0n) is 13.4. The lowest BCUT2D eigenvalue weighted by Gasteiger charge is -2.07. The largest absolute Gasteiger partial charge is 0.494 e. The molecule has 2 N–H and O–H groups in total. The average Bonchev–Trinajstić information content (AvgIpc) is 2.56. The molecule has 23 heavy (non-hydrogen) atoms. The zero-order valence-corrected chi connectivity index (χ0v) is 13.4. The summed E-state index contributed by atoms with van der Waals surface area (Å²) >= 11 is 0. The number of rotatable bonds is 7. The number of benzene rings is 2. The Bertz CT molecular complexity index is 649. The van der Waals surface area contributed by atoms with Crippen LogP contribution in [0.1, 0.15) is 18.1 Å². The number of aryl methyl sites for hydroxylation is 1. The Morgan fingerprint density at radius 1 is 1.13 bits per heavy atom. The van der Waals surface area contributed by atoms with Crippen molar-refractivity contribution >= 4 is 17.8 Å². The van der Waals surface area contributed by atoms with Gasteiger partial charge in [-0.3, -0.25) is 4.79 Å². The number of ether oxygens (including phenoxy) is 1. The monoisotopic (exact) mass is 311 g/mol. The molecule has 0 aliphatic heterocycles. The Morgan fingerprint density at radius 2 is 1.83 bits per heavy atom. The molecule has 2 rings (SSSR count).